The minimum Gasteiger partial charge on any atom is -0.301 e. The maximum Gasteiger partial charge on any atom is 0.251 e. The molecule has 0 saturated carbocycles. The van der Waals surface area contributed by atoms with Crippen molar-refractivity contribution in [3.05, 3.63) is 42.9 Å². The van der Waals surface area contributed by atoms with E-state index in [-0.39, 0.29) is 5.56 Å². The van der Waals surface area contributed by atoms with Gasteiger partial charge in [-0.15, -0.1) is 11.3 Å². The molecule has 1 N–H and O–H groups in total. The second kappa shape index (κ2) is 6.54. The highest BCUT2D eigenvalue weighted by Gasteiger charge is 2.05. The summed E-state index contributed by atoms with van der Waals surface area (Å²) in [5.41, 5.74) is 0.801. The van der Waals surface area contributed by atoms with E-state index in [9.17, 15) is 4.79 Å². The van der Waals surface area contributed by atoms with Gasteiger partial charge in [0.05, 0.1) is 0 Å². The third kappa shape index (κ3) is 3.70. The second-order valence-corrected chi connectivity index (χ2v) is 6.59. The van der Waals surface area contributed by atoms with Gasteiger partial charge in [0, 0.05) is 26.9 Å². The van der Waals surface area contributed by atoms with Gasteiger partial charge >= 0.3 is 0 Å². The van der Waals surface area contributed by atoms with Crippen molar-refractivity contribution in [1.29, 1.82) is 0 Å². The molecule has 6 heteroatoms. The van der Waals surface area contributed by atoms with E-state index < -0.39 is 0 Å². The highest BCUT2D eigenvalue weighted by atomic mass is 79.9. The van der Waals surface area contributed by atoms with Gasteiger partial charge in [0.15, 0.2) is 5.16 Å². The highest BCUT2D eigenvalue weighted by Crippen LogP contribution is 2.28. The standard InChI is InChI=1S/C12H13BrN2OS2/c1-2-3-8-6-11(16)15-12(14-8)18-7-10-9(13)4-5-17-10/h4-6H,2-3,7H2,1H3,(H,14,15,16). The van der Waals surface area contributed by atoms with E-state index in [1.165, 1.54) is 4.88 Å². The van der Waals surface area contributed by atoms with E-state index in [2.05, 4.69) is 32.8 Å². The average Bonchev–Trinajstić information content (AvgIpc) is 2.72. The number of halogens is 1. The van der Waals surface area contributed by atoms with Gasteiger partial charge in [-0.05, 0) is 33.8 Å². The Kier molecular flexibility index (Phi) is 5.03. The van der Waals surface area contributed by atoms with Crippen LogP contribution in [0.1, 0.15) is 23.9 Å². The summed E-state index contributed by atoms with van der Waals surface area (Å²) >= 11 is 6.76. The average molecular weight is 345 g/mol. The van der Waals surface area contributed by atoms with Crippen LogP contribution in [-0.4, -0.2) is 9.97 Å². The molecule has 0 amide bonds. The number of aryl methyl sites for hydroxylation is 1. The largest absolute Gasteiger partial charge is 0.301 e. The second-order valence-electron chi connectivity index (χ2n) is 3.77. The molecular formula is C12H13BrN2OS2. The van der Waals surface area contributed by atoms with Crippen molar-refractivity contribution in [2.24, 2.45) is 0 Å². The van der Waals surface area contributed by atoms with Crippen molar-refractivity contribution in [3.63, 3.8) is 0 Å². The van der Waals surface area contributed by atoms with Gasteiger partial charge in [0.25, 0.3) is 5.56 Å². The quantitative estimate of drug-likeness (QED) is 0.662. The van der Waals surface area contributed by atoms with Crippen molar-refractivity contribution in [2.45, 2.75) is 30.7 Å². The van der Waals surface area contributed by atoms with Crippen LogP contribution in [0.5, 0.6) is 0 Å². The summed E-state index contributed by atoms with van der Waals surface area (Å²) in [6.45, 7) is 2.08. The van der Waals surface area contributed by atoms with Crippen LogP contribution in [0.2, 0.25) is 0 Å². The number of thioether (sulfide) groups is 1. The van der Waals surface area contributed by atoms with Gasteiger partial charge in [-0.25, -0.2) is 4.98 Å². The molecule has 0 fully saturated rings. The van der Waals surface area contributed by atoms with Crippen LogP contribution in [0, 0.1) is 0 Å². The minimum absolute atomic E-state index is 0.0683. The Morgan fingerprint density at radius 3 is 3.06 bits per heavy atom. The van der Waals surface area contributed by atoms with Crippen LogP contribution in [0.15, 0.2) is 31.9 Å². The summed E-state index contributed by atoms with van der Waals surface area (Å²) in [7, 11) is 0. The summed E-state index contributed by atoms with van der Waals surface area (Å²) in [6, 6.07) is 3.61. The molecule has 2 aromatic rings. The van der Waals surface area contributed by atoms with E-state index in [0.29, 0.717) is 5.16 Å². The van der Waals surface area contributed by atoms with E-state index in [0.717, 1.165) is 28.8 Å². The zero-order chi connectivity index (χ0) is 13.0. The fourth-order valence-electron chi connectivity index (χ4n) is 1.50. The van der Waals surface area contributed by atoms with E-state index >= 15 is 0 Å². The number of thiophene rings is 1. The van der Waals surface area contributed by atoms with Crippen molar-refractivity contribution in [1.82, 2.24) is 9.97 Å². The van der Waals surface area contributed by atoms with E-state index in [1.807, 2.05) is 11.4 Å². The topological polar surface area (TPSA) is 45.8 Å². The van der Waals surface area contributed by atoms with Crippen LogP contribution in [0.3, 0.4) is 0 Å². The molecule has 2 aromatic heterocycles. The Balaban J connectivity index is 2.09. The first-order valence-electron chi connectivity index (χ1n) is 5.64. The molecule has 0 aromatic carbocycles. The van der Waals surface area contributed by atoms with Gasteiger partial charge < -0.3 is 4.98 Å². The predicted octanol–water partition coefficient (Wildman–Crippen LogP) is 3.84. The number of nitrogens with one attached hydrogen (secondary N) is 1. The van der Waals surface area contributed by atoms with Gasteiger partial charge in [0.2, 0.25) is 0 Å². The summed E-state index contributed by atoms with van der Waals surface area (Å²) in [6.07, 6.45) is 1.84. The lowest BCUT2D eigenvalue weighted by Gasteiger charge is -2.02. The lowest BCUT2D eigenvalue weighted by atomic mass is 10.2. The minimum atomic E-state index is -0.0683. The van der Waals surface area contributed by atoms with Gasteiger partial charge in [0.1, 0.15) is 0 Å². The number of aromatic nitrogens is 2. The number of hydrogen-bond acceptors (Lipinski definition) is 4. The summed E-state index contributed by atoms with van der Waals surface area (Å²) in [5.74, 6) is 0.816. The fourth-order valence-corrected chi connectivity index (χ4v) is 4.19. The molecule has 0 aliphatic rings. The molecule has 3 nitrogen and oxygen atoms in total. The van der Waals surface area contributed by atoms with E-state index in [4.69, 9.17) is 0 Å². The lowest BCUT2D eigenvalue weighted by molar-refractivity contribution is 0.816. The van der Waals surface area contributed by atoms with E-state index in [1.54, 1.807) is 29.2 Å². The van der Waals surface area contributed by atoms with Gasteiger partial charge in [-0.3, -0.25) is 4.79 Å². The first-order valence-corrected chi connectivity index (χ1v) is 8.29. The van der Waals surface area contributed by atoms with Crippen LogP contribution in [-0.2, 0) is 12.2 Å². The molecule has 0 aliphatic carbocycles. The Hall–Kier alpha value is -0.590. The molecule has 0 unspecified atom stereocenters. The Labute approximate surface area is 122 Å². The molecule has 0 aliphatic heterocycles. The highest BCUT2D eigenvalue weighted by molar-refractivity contribution is 9.10. The molecule has 2 rings (SSSR count). The third-order valence-corrected chi connectivity index (χ3v) is 5.32. The first-order chi connectivity index (χ1) is 8.69. The van der Waals surface area contributed by atoms with Crippen LogP contribution >= 0.6 is 39.0 Å². The smallest absolute Gasteiger partial charge is 0.251 e. The number of H-pyrrole nitrogens is 1. The predicted molar refractivity (Wildman–Crippen MR) is 80.4 cm³/mol. The normalized spacial score (nSPS) is 10.8. The maximum atomic E-state index is 11.5. The number of rotatable bonds is 5. The maximum absolute atomic E-state index is 11.5. The van der Waals surface area contributed by atoms with Crippen molar-refractivity contribution in [3.8, 4) is 0 Å². The van der Waals surface area contributed by atoms with Crippen molar-refractivity contribution in [2.75, 3.05) is 0 Å². The Morgan fingerprint density at radius 2 is 2.39 bits per heavy atom. The molecular weight excluding hydrogens is 332 g/mol. The fraction of sp³-hybridized carbons (Fsp3) is 0.333. The molecule has 96 valence electrons. The molecule has 18 heavy (non-hydrogen) atoms. The lowest BCUT2D eigenvalue weighted by Crippen LogP contribution is -2.09. The van der Waals surface area contributed by atoms with Crippen LogP contribution in [0.4, 0.5) is 0 Å². The molecule has 0 spiro atoms. The SMILES string of the molecule is CCCc1cc(=O)[nH]c(SCc2sccc2Br)n1. The zero-order valence-electron chi connectivity index (χ0n) is 9.90. The van der Waals surface area contributed by atoms with Gasteiger partial charge in [-0.1, -0.05) is 25.1 Å². The molecule has 0 bridgehead atoms. The molecule has 2 heterocycles. The van der Waals surface area contributed by atoms with Crippen molar-refractivity contribution >= 4 is 39.0 Å². The van der Waals surface area contributed by atoms with Crippen LogP contribution in [0.25, 0.3) is 0 Å². The zero-order valence-corrected chi connectivity index (χ0v) is 13.1. The Morgan fingerprint density at radius 1 is 1.56 bits per heavy atom. The van der Waals surface area contributed by atoms with Gasteiger partial charge in [-0.2, -0.15) is 0 Å². The molecule has 0 saturated heterocycles. The third-order valence-electron chi connectivity index (χ3n) is 2.31. The molecule has 0 atom stereocenters. The molecule has 0 radical (unpaired) electrons. The number of aromatic amines is 1. The number of nitrogens with zero attached hydrogens (tertiary/aromatic N) is 1. The Bertz CT molecular complexity index is 579. The summed E-state index contributed by atoms with van der Waals surface area (Å²) in [5, 5.41) is 2.75. The summed E-state index contributed by atoms with van der Waals surface area (Å²) < 4.78 is 1.12. The summed E-state index contributed by atoms with van der Waals surface area (Å²) in [4.78, 5) is 20.0. The van der Waals surface area contributed by atoms with Crippen molar-refractivity contribution < 1.29 is 0 Å². The number of hydrogen-bond donors (Lipinski definition) is 1. The van der Waals surface area contributed by atoms with Crippen LogP contribution < -0.4 is 5.56 Å². The monoisotopic (exact) mass is 344 g/mol. The first kappa shape index (κ1) is 13.8.